The van der Waals surface area contributed by atoms with Crippen molar-refractivity contribution < 1.29 is 4.92 Å². The Balaban J connectivity index is 1.86. The Morgan fingerprint density at radius 3 is 2.64 bits per heavy atom. The first-order valence-corrected chi connectivity index (χ1v) is 8.30. The number of rotatable bonds is 6. The molecule has 0 spiro atoms. The number of nitro benzene ring substituents is 1. The maximum absolute atomic E-state index is 10.7. The largest absolute Gasteiger partial charge is 0.331 e. The Kier molecular flexibility index (Phi) is 5.00. The lowest BCUT2D eigenvalue weighted by Gasteiger charge is -2.04. The summed E-state index contributed by atoms with van der Waals surface area (Å²) in [6.07, 6.45) is 2.66. The van der Waals surface area contributed by atoms with Crippen LogP contribution in [0.5, 0.6) is 0 Å². The van der Waals surface area contributed by atoms with E-state index < -0.39 is 4.92 Å². The molecule has 0 saturated carbocycles. The summed E-state index contributed by atoms with van der Waals surface area (Å²) in [6, 6.07) is 14.1. The molecule has 0 atom stereocenters. The van der Waals surface area contributed by atoms with Crippen molar-refractivity contribution in [3.63, 3.8) is 0 Å². The molecule has 0 aliphatic heterocycles. The van der Waals surface area contributed by atoms with E-state index in [2.05, 4.69) is 22.0 Å². The number of hydrogen-bond donors (Lipinski definition) is 1. The van der Waals surface area contributed by atoms with Crippen molar-refractivity contribution in [2.75, 3.05) is 5.43 Å². The SMILES string of the molecule is CCCn1c(Cl)c(/C=N/Nc2ccc([N+](=O)[O-])cc2)c2ccccc21. The van der Waals surface area contributed by atoms with Crippen molar-refractivity contribution in [3.05, 3.63) is 69.4 Å². The zero-order valence-electron chi connectivity index (χ0n) is 13.6. The third kappa shape index (κ3) is 3.49. The van der Waals surface area contributed by atoms with Crippen LogP contribution in [0.25, 0.3) is 10.9 Å². The predicted octanol–water partition coefficient (Wildman–Crippen LogP) is 5.06. The molecule has 0 saturated heterocycles. The molecule has 3 rings (SSSR count). The standard InChI is InChI=1S/C18H17ClN4O2/c1-2-11-22-17-6-4-3-5-15(17)16(18(22)19)12-20-21-13-7-9-14(10-8-13)23(24)25/h3-10,12,21H,2,11H2,1H3/b20-12+. The minimum Gasteiger partial charge on any atom is -0.331 e. The lowest BCUT2D eigenvalue weighted by molar-refractivity contribution is -0.384. The van der Waals surface area contributed by atoms with Gasteiger partial charge in [-0.3, -0.25) is 15.5 Å². The molecule has 0 unspecified atom stereocenters. The van der Waals surface area contributed by atoms with E-state index in [1.165, 1.54) is 12.1 Å². The summed E-state index contributed by atoms with van der Waals surface area (Å²) in [5.41, 5.74) is 5.50. The zero-order valence-corrected chi connectivity index (χ0v) is 14.4. The summed E-state index contributed by atoms with van der Waals surface area (Å²) in [5.74, 6) is 0. The molecule has 1 aromatic heterocycles. The highest BCUT2D eigenvalue weighted by Crippen LogP contribution is 2.29. The number of benzene rings is 2. The molecule has 7 heteroatoms. The number of nitrogens with zero attached hydrogens (tertiary/aromatic N) is 3. The molecule has 0 aliphatic rings. The number of halogens is 1. The summed E-state index contributed by atoms with van der Waals surface area (Å²) in [5, 5.41) is 16.6. The van der Waals surface area contributed by atoms with Gasteiger partial charge >= 0.3 is 0 Å². The second kappa shape index (κ2) is 7.36. The fraction of sp³-hybridized carbons (Fsp3) is 0.167. The first-order chi connectivity index (χ1) is 12.1. The van der Waals surface area contributed by atoms with Gasteiger partial charge in [0.15, 0.2) is 0 Å². The van der Waals surface area contributed by atoms with Gasteiger partial charge in [0.05, 0.1) is 16.8 Å². The molecular weight excluding hydrogens is 340 g/mol. The van der Waals surface area contributed by atoms with E-state index in [-0.39, 0.29) is 5.69 Å². The molecule has 0 bridgehead atoms. The highest BCUT2D eigenvalue weighted by molar-refractivity contribution is 6.34. The van der Waals surface area contributed by atoms with Gasteiger partial charge in [-0.25, -0.2) is 0 Å². The zero-order chi connectivity index (χ0) is 17.8. The lowest BCUT2D eigenvalue weighted by atomic mass is 10.2. The molecule has 0 radical (unpaired) electrons. The maximum Gasteiger partial charge on any atom is 0.269 e. The van der Waals surface area contributed by atoms with E-state index in [1.54, 1.807) is 18.3 Å². The molecule has 3 aromatic rings. The van der Waals surface area contributed by atoms with Gasteiger partial charge in [-0.15, -0.1) is 0 Å². The normalized spacial score (nSPS) is 11.3. The van der Waals surface area contributed by atoms with Gasteiger partial charge in [0.25, 0.3) is 5.69 Å². The molecule has 6 nitrogen and oxygen atoms in total. The number of non-ortho nitro benzene ring substituents is 1. The maximum atomic E-state index is 10.7. The van der Waals surface area contributed by atoms with Crippen molar-refractivity contribution in [1.29, 1.82) is 0 Å². The summed E-state index contributed by atoms with van der Waals surface area (Å²) < 4.78 is 2.07. The highest BCUT2D eigenvalue weighted by Gasteiger charge is 2.13. The number of aromatic nitrogens is 1. The fourth-order valence-corrected chi connectivity index (χ4v) is 3.02. The Bertz CT molecular complexity index is 932. The number of hydrazone groups is 1. The number of anilines is 1. The van der Waals surface area contributed by atoms with Crippen molar-refractivity contribution in [2.45, 2.75) is 19.9 Å². The highest BCUT2D eigenvalue weighted by atomic mass is 35.5. The minimum atomic E-state index is -0.435. The topological polar surface area (TPSA) is 72.5 Å². The third-order valence-corrected chi connectivity index (χ3v) is 4.26. The molecule has 1 heterocycles. The van der Waals surface area contributed by atoms with Crippen LogP contribution in [0.1, 0.15) is 18.9 Å². The number of hydrogen-bond acceptors (Lipinski definition) is 4. The number of fused-ring (bicyclic) bond motifs is 1. The summed E-state index contributed by atoms with van der Waals surface area (Å²) in [4.78, 5) is 10.2. The number of nitrogens with one attached hydrogen (secondary N) is 1. The van der Waals surface area contributed by atoms with Crippen molar-refractivity contribution in [1.82, 2.24) is 4.57 Å². The molecule has 128 valence electrons. The van der Waals surface area contributed by atoms with Gasteiger partial charge in [-0.2, -0.15) is 5.10 Å². The molecule has 0 fully saturated rings. The predicted molar refractivity (Wildman–Crippen MR) is 102 cm³/mol. The summed E-state index contributed by atoms with van der Waals surface area (Å²) >= 11 is 6.54. The van der Waals surface area contributed by atoms with E-state index in [9.17, 15) is 10.1 Å². The van der Waals surface area contributed by atoms with Crippen molar-refractivity contribution >= 4 is 40.1 Å². The van der Waals surface area contributed by atoms with Crippen LogP contribution >= 0.6 is 11.6 Å². The van der Waals surface area contributed by atoms with Gasteiger partial charge in [-0.05, 0) is 24.6 Å². The monoisotopic (exact) mass is 356 g/mol. The van der Waals surface area contributed by atoms with Gasteiger partial charge in [-0.1, -0.05) is 36.7 Å². The average Bonchev–Trinajstić information content (AvgIpc) is 2.88. The molecular formula is C18H17ClN4O2. The Hall–Kier alpha value is -2.86. The van der Waals surface area contributed by atoms with Gasteiger partial charge < -0.3 is 4.57 Å². The van der Waals surface area contributed by atoms with Crippen LogP contribution < -0.4 is 5.43 Å². The van der Waals surface area contributed by atoms with Crippen LogP contribution in [0.4, 0.5) is 11.4 Å². The van der Waals surface area contributed by atoms with E-state index in [1.807, 2.05) is 24.3 Å². The van der Waals surface area contributed by atoms with Gasteiger partial charge in [0.1, 0.15) is 5.15 Å². The molecule has 0 amide bonds. The van der Waals surface area contributed by atoms with Gasteiger partial charge in [0, 0.05) is 35.1 Å². The van der Waals surface area contributed by atoms with Gasteiger partial charge in [0.2, 0.25) is 0 Å². The number of para-hydroxylation sites is 1. The number of nitro groups is 1. The van der Waals surface area contributed by atoms with Crippen LogP contribution in [0.3, 0.4) is 0 Å². The molecule has 1 N–H and O–H groups in total. The smallest absolute Gasteiger partial charge is 0.269 e. The van der Waals surface area contributed by atoms with E-state index in [0.29, 0.717) is 10.8 Å². The number of aryl methyl sites for hydroxylation is 1. The second-order valence-corrected chi connectivity index (χ2v) is 5.91. The van der Waals surface area contributed by atoms with Crippen molar-refractivity contribution in [3.8, 4) is 0 Å². The van der Waals surface area contributed by atoms with Crippen LogP contribution in [0.2, 0.25) is 5.15 Å². The van der Waals surface area contributed by atoms with E-state index in [4.69, 9.17) is 11.6 Å². The summed E-state index contributed by atoms with van der Waals surface area (Å²) in [7, 11) is 0. The Morgan fingerprint density at radius 2 is 1.96 bits per heavy atom. The average molecular weight is 357 g/mol. The minimum absolute atomic E-state index is 0.0419. The van der Waals surface area contributed by atoms with Crippen LogP contribution in [0.15, 0.2) is 53.6 Å². The first-order valence-electron chi connectivity index (χ1n) is 7.92. The first kappa shape index (κ1) is 17.0. The molecule has 25 heavy (non-hydrogen) atoms. The van der Waals surface area contributed by atoms with Crippen LogP contribution in [-0.2, 0) is 6.54 Å². The Labute approximate surface area is 149 Å². The molecule has 2 aromatic carbocycles. The van der Waals surface area contributed by atoms with Crippen molar-refractivity contribution in [2.24, 2.45) is 5.10 Å². The Morgan fingerprint density at radius 1 is 1.24 bits per heavy atom. The van der Waals surface area contributed by atoms with E-state index >= 15 is 0 Å². The molecule has 0 aliphatic carbocycles. The van der Waals surface area contributed by atoms with Crippen LogP contribution in [0, 0.1) is 10.1 Å². The second-order valence-electron chi connectivity index (χ2n) is 5.55. The fourth-order valence-electron chi connectivity index (χ4n) is 2.69. The lowest BCUT2D eigenvalue weighted by Crippen LogP contribution is -1.96. The van der Waals surface area contributed by atoms with E-state index in [0.717, 1.165) is 29.4 Å². The summed E-state index contributed by atoms with van der Waals surface area (Å²) in [6.45, 7) is 2.94. The quantitative estimate of drug-likeness (QED) is 0.381. The third-order valence-electron chi connectivity index (χ3n) is 3.86. The van der Waals surface area contributed by atoms with Crippen LogP contribution in [-0.4, -0.2) is 15.7 Å².